The number of nitrogens with zero attached hydrogens (tertiary/aromatic N) is 2. The third-order valence-corrected chi connectivity index (χ3v) is 2.92. The second-order valence-electron chi connectivity index (χ2n) is 4.40. The van der Waals surface area contributed by atoms with Crippen LogP contribution in [0.3, 0.4) is 0 Å². The topological polar surface area (TPSA) is 64.1 Å². The summed E-state index contributed by atoms with van der Waals surface area (Å²) in [5, 5.41) is 3.71. The van der Waals surface area contributed by atoms with Crippen LogP contribution in [-0.4, -0.2) is 22.5 Å². The first-order valence-corrected chi connectivity index (χ1v) is 6.49. The number of para-hydroxylation sites is 1. The number of fused-ring (bicyclic) bond motifs is 1. The van der Waals surface area contributed by atoms with Crippen LogP contribution in [0.25, 0.3) is 10.9 Å². The maximum absolute atomic E-state index is 11.8. The minimum Gasteiger partial charge on any atom is -0.481 e. The van der Waals surface area contributed by atoms with E-state index < -0.39 is 0 Å². The molecule has 0 saturated carbocycles. The summed E-state index contributed by atoms with van der Waals surface area (Å²) in [5.41, 5.74) is 1.44. The number of benzene rings is 1. The Labute approximate surface area is 121 Å². The largest absolute Gasteiger partial charge is 0.481 e. The summed E-state index contributed by atoms with van der Waals surface area (Å²) in [6.45, 7) is -0.0714. The Morgan fingerprint density at radius 1 is 1.05 bits per heavy atom. The number of aromatic nitrogens is 2. The zero-order valence-corrected chi connectivity index (χ0v) is 11.2. The number of carbonyl (C=O) groups excluding carboxylic acids is 1. The molecule has 0 saturated heterocycles. The number of anilines is 1. The van der Waals surface area contributed by atoms with Crippen LogP contribution >= 0.6 is 0 Å². The van der Waals surface area contributed by atoms with Gasteiger partial charge in [-0.3, -0.25) is 14.8 Å². The number of rotatable bonds is 4. The first-order chi connectivity index (χ1) is 10.3. The molecule has 0 aliphatic rings. The summed E-state index contributed by atoms with van der Waals surface area (Å²) in [6, 6.07) is 12.9. The molecule has 3 aromatic rings. The molecule has 0 bridgehead atoms. The molecule has 1 N–H and O–H groups in total. The Hall–Kier alpha value is -2.95. The summed E-state index contributed by atoms with van der Waals surface area (Å²) >= 11 is 0. The van der Waals surface area contributed by atoms with Crippen molar-refractivity contribution in [1.82, 2.24) is 9.97 Å². The molecule has 0 fully saturated rings. The predicted octanol–water partition coefficient (Wildman–Crippen LogP) is 2.65. The fraction of sp³-hybridized carbons (Fsp3) is 0.0625. The average Bonchev–Trinajstić information content (AvgIpc) is 2.54. The van der Waals surface area contributed by atoms with Crippen molar-refractivity contribution in [2.75, 3.05) is 11.9 Å². The molecule has 1 aromatic carbocycles. The number of pyridine rings is 2. The van der Waals surface area contributed by atoms with Gasteiger partial charge in [0.25, 0.3) is 5.91 Å². The van der Waals surface area contributed by atoms with Crippen LogP contribution in [0.2, 0.25) is 0 Å². The van der Waals surface area contributed by atoms with Gasteiger partial charge in [0, 0.05) is 29.7 Å². The zero-order chi connectivity index (χ0) is 14.5. The molecule has 2 heterocycles. The third-order valence-electron chi connectivity index (χ3n) is 2.92. The third kappa shape index (κ3) is 3.14. The second-order valence-corrected chi connectivity index (χ2v) is 4.40. The van der Waals surface area contributed by atoms with Crippen molar-refractivity contribution in [1.29, 1.82) is 0 Å². The van der Waals surface area contributed by atoms with E-state index in [1.807, 2.05) is 24.3 Å². The van der Waals surface area contributed by atoms with Crippen molar-refractivity contribution in [2.45, 2.75) is 0 Å². The maximum Gasteiger partial charge on any atom is 0.262 e. The molecular formula is C16H13N3O2. The van der Waals surface area contributed by atoms with E-state index in [4.69, 9.17) is 4.74 Å². The normalized spacial score (nSPS) is 10.3. The molecule has 0 aliphatic carbocycles. The number of nitrogens with one attached hydrogen (secondary N) is 1. The van der Waals surface area contributed by atoms with Gasteiger partial charge in [0.2, 0.25) is 0 Å². The maximum atomic E-state index is 11.8. The van der Waals surface area contributed by atoms with Crippen molar-refractivity contribution >= 4 is 22.5 Å². The van der Waals surface area contributed by atoms with Crippen molar-refractivity contribution in [2.24, 2.45) is 0 Å². The van der Waals surface area contributed by atoms with Crippen LogP contribution in [0, 0.1) is 0 Å². The van der Waals surface area contributed by atoms with Gasteiger partial charge in [0.05, 0.1) is 0 Å². The first-order valence-electron chi connectivity index (χ1n) is 6.49. The second kappa shape index (κ2) is 6.00. The lowest BCUT2D eigenvalue weighted by Gasteiger charge is -2.09. The Balaban J connectivity index is 1.68. The van der Waals surface area contributed by atoms with Crippen LogP contribution in [0.15, 0.2) is 61.1 Å². The van der Waals surface area contributed by atoms with Gasteiger partial charge in [0.15, 0.2) is 6.61 Å². The Kier molecular flexibility index (Phi) is 3.73. The Morgan fingerprint density at radius 3 is 2.71 bits per heavy atom. The van der Waals surface area contributed by atoms with Gasteiger partial charge < -0.3 is 10.1 Å². The molecule has 0 atom stereocenters. The summed E-state index contributed by atoms with van der Waals surface area (Å²) in [4.78, 5) is 20.0. The van der Waals surface area contributed by atoms with Crippen molar-refractivity contribution in [3.05, 3.63) is 61.1 Å². The highest BCUT2D eigenvalue weighted by Crippen LogP contribution is 2.22. The Bertz CT molecular complexity index is 754. The SMILES string of the molecule is O=C(COc1cccc2cccnc12)Nc1ccncc1. The predicted molar refractivity (Wildman–Crippen MR) is 80.1 cm³/mol. The number of hydrogen-bond acceptors (Lipinski definition) is 4. The van der Waals surface area contributed by atoms with Gasteiger partial charge in [0.1, 0.15) is 11.3 Å². The lowest BCUT2D eigenvalue weighted by Crippen LogP contribution is -2.20. The summed E-state index contributed by atoms with van der Waals surface area (Å²) in [7, 11) is 0. The summed E-state index contributed by atoms with van der Waals surface area (Å²) in [6.07, 6.45) is 4.93. The van der Waals surface area contributed by atoms with Crippen LogP contribution in [0.1, 0.15) is 0 Å². The molecule has 0 unspecified atom stereocenters. The van der Waals surface area contributed by atoms with Gasteiger partial charge in [-0.2, -0.15) is 0 Å². The molecule has 1 amide bonds. The van der Waals surface area contributed by atoms with Gasteiger partial charge in [-0.25, -0.2) is 0 Å². The highest BCUT2D eigenvalue weighted by molar-refractivity contribution is 5.92. The molecular weight excluding hydrogens is 266 g/mol. The number of carbonyl (C=O) groups is 1. The van der Waals surface area contributed by atoms with E-state index in [2.05, 4.69) is 15.3 Å². The minimum atomic E-state index is -0.228. The minimum absolute atomic E-state index is 0.0714. The first kappa shape index (κ1) is 13.1. The molecule has 5 heteroatoms. The molecule has 21 heavy (non-hydrogen) atoms. The summed E-state index contributed by atoms with van der Waals surface area (Å²) < 4.78 is 5.56. The van der Waals surface area contributed by atoms with Crippen LogP contribution in [0.4, 0.5) is 5.69 Å². The van der Waals surface area contributed by atoms with E-state index in [9.17, 15) is 4.79 Å². The quantitative estimate of drug-likeness (QED) is 0.797. The van der Waals surface area contributed by atoms with Crippen molar-refractivity contribution < 1.29 is 9.53 Å². The Morgan fingerprint density at radius 2 is 1.86 bits per heavy atom. The molecule has 2 aromatic heterocycles. The molecule has 0 spiro atoms. The van der Waals surface area contributed by atoms with Gasteiger partial charge in [-0.1, -0.05) is 18.2 Å². The van der Waals surface area contributed by atoms with Gasteiger partial charge >= 0.3 is 0 Å². The summed E-state index contributed by atoms with van der Waals surface area (Å²) in [5.74, 6) is 0.368. The molecule has 0 aliphatic heterocycles. The standard InChI is InChI=1S/C16H13N3O2/c20-15(19-13-6-9-17-10-7-13)11-21-14-5-1-3-12-4-2-8-18-16(12)14/h1-10H,11H2,(H,17,19,20). The van der Waals surface area contributed by atoms with E-state index in [1.165, 1.54) is 0 Å². The average molecular weight is 279 g/mol. The van der Waals surface area contributed by atoms with E-state index in [0.29, 0.717) is 11.4 Å². The molecule has 0 radical (unpaired) electrons. The smallest absolute Gasteiger partial charge is 0.262 e. The van der Waals surface area contributed by atoms with E-state index >= 15 is 0 Å². The van der Waals surface area contributed by atoms with Gasteiger partial charge in [-0.15, -0.1) is 0 Å². The molecule has 104 valence electrons. The van der Waals surface area contributed by atoms with Crippen LogP contribution in [0.5, 0.6) is 5.75 Å². The van der Waals surface area contributed by atoms with Crippen molar-refractivity contribution in [3.63, 3.8) is 0 Å². The number of amides is 1. The highest BCUT2D eigenvalue weighted by Gasteiger charge is 2.06. The fourth-order valence-electron chi connectivity index (χ4n) is 1.97. The van der Waals surface area contributed by atoms with E-state index in [-0.39, 0.29) is 12.5 Å². The van der Waals surface area contributed by atoms with Crippen LogP contribution < -0.4 is 10.1 Å². The highest BCUT2D eigenvalue weighted by atomic mass is 16.5. The van der Waals surface area contributed by atoms with E-state index in [1.54, 1.807) is 36.8 Å². The molecule has 5 nitrogen and oxygen atoms in total. The number of hydrogen-bond donors (Lipinski definition) is 1. The van der Waals surface area contributed by atoms with Crippen LogP contribution in [-0.2, 0) is 4.79 Å². The molecule has 3 rings (SSSR count). The van der Waals surface area contributed by atoms with Gasteiger partial charge in [-0.05, 0) is 24.3 Å². The van der Waals surface area contributed by atoms with Crippen molar-refractivity contribution in [3.8, 4) is 5.75 Å². The fourth-order valence-corrected chi connectivity index (χ4v) is 1.97. The lowest BCUT2D eigenvalue weighted by atomic mass is 10.2. The monoisotopic (exact) mass is 279 g/mol. The number of ether oxygens (including phenoxy) is 1. The zero-order valence-electron chi connectivity index (χ0n) is 11.2. The lowest BCUT2D eigenvalue weighted by molar-refractivity contribution is -0.118. The van der Waals surface area contributed by atoms with E-state index in [0.717, 1.165) is 10.9 Å².